The number of sulfonamides is 1. The normalized spacial score (nSPS) is 14.5. The van der Waals surface area contributed by atoms with Gasteiger partial charge in [0, 0.05) is 13.1 Å². The Morgan fingerprint density at radius 1 is 1.26 bits per heavy atom. The van der Waals surface area contributed by atoms with Gasteiger partial charge < -0.3 is 15.7 Å². The van der Waals surface area contributed by atoms with E-state index < -0.39 is 28.1 Å². The molecule has 2 atom stereocenters. The van der Waals surface area contributed by atoms with Crippen molar-refractivity contribution >= 4 is 22.0 Å². The van der Waals surface area contributed by atoms with E-state index in [0.29, 0.717) is 6.42 Å². The van der Waals surface area contributed by atoms with Crippen LogP contribution in [0.1, 0.15) is 20.3 Å². The maximum atomic E-state index is 11.4. The number of rotatable bonds is 8. The molecule has 4 N–H and O–H groups in total. The number of carbonyl (C=O) groups is 2. The minimum atomic E-state index is -3.29. The van der Waals surface area contributed by atoms with Crippen LogP contribution in [0.25, 0.3) is 0 Å². The molecule has 2 amide bonds. The molecule has 0 fully saturated rings. The summed E-state index contributed by atoms with van der Waals surface area (Å²) in [4.78, 5) is 22.4. The average molecular weight is 295 g/mol. The number of nitrogens with one attached hydrogen (secondary N) is 3. The van der Waals surface area contributed by atoms with Crippen molar-refractivity contribution in [1.29, 1.82) is 0 Å². The molecule has 0 radical (unpaired) electrons. The van der Waals surface area contributed by atoms with Crippen molar-refractivity contribution in [2.75, 3.05) is 19.3 Å². The Morgan fingerprint density at radius 3 is 2.26 bits per heavy atom. The molecule has 0 spiro atoms. The number of urea groups is 1. The summed E-state index contributed by atoms with van der Waals surface area (Å²) in [7, 11) is -3.29. The summed E-state index contributed by atoms with van der Waals surface area (Å²) < 4.78 is 23.7. The van der Waals surface area contributed by atoms with Gasteiger partial charge in [-0.2, -0.15) is 0 Å². The van der Waals surface area contributed by atoms with Gasteiger partial charge in [-0.15, -0.1) is 0 Å². The van der Waals surface area contributed by atoms with Crippen LogP contribution in [-0.4, -0.2) is 50.9 Å². The molecule has 19 heavy (non-hydrogen) atoms. The number of hydrogen-bond donors (Lipinski definition) is 4. The first kappa shape index (κ1) is 17.6. The zero-order chi connectivity index (χ0) is 15.1. The summed E-state index contributed by atoms with van der Waals surface area (Å²) in [6.07, 6.45) is 1.63. The number of carboxylic acid groups (broad SMARTS) is 1. The van der Waals surface area contributed by atoms with E-state index in [9.17, 15) is 18.0 Å². The van der Waals surface area contributed by atoms with Crippen molar-refractivity contribution in [2.24, 2.45) is 5.92 Å². The van der Waals surface area contributed by atoms with Crippen molar-refractivity contribution in [3.05, 3.63) is 0 Å². The predicted molar refractivity (Wildman–Crippen MR) is 70.3 cm³/mol. The monoisotopic (exact) mass is 295 g/mol. The lowest BCUT2D eigenvalue weighted by molar-refractivity contribution is -0.140. The zero-order valence-electron chi connectivity index (χ0n) is 11.3. The van der Waals surface area contributed by atoms with Gasteiger partial charge in [0.1, 0.15) is 6.04 Å². The molecule has 112 valence electrons. The highest BCUT2D eigenvalue weighted by molar-refractivity contribution is 7.88. The molecule has 9 heteroatoms. The van der Waals surface area contributed by atoms with Gasteiger partial charge in [0.2, 0.25) is 10.0 Å². The molecule has 0 aromatic rings. The minimum absolute atomic E-state index is 0.0489. The highest BCUT2D eigenvalue weighted by Crippen LogP contribution is 2.07. The van der Waals surface area contributed by atoms with Gasteiger partial charge in [-0.1, -0.05) is 20.3 Å². The smallest absolute Gasteiger partial charge is 0.326 e. The Labute approximate surface area is 113 Å². The van der Waals surface area contributed by atoms with Crippen LogP contribution in [0, 0.1) is 5.92 Å². The molecular formula is C10H21N3O5S. The Balaban J connectivity index is 4.11. The van der Waals surface area contributed by atoms with E-state index in [1.54, 1.807) is 6.92 Å². The van der Waals surface area contributed by atoms with E-state index in [-0.39, 0.29) is 19.0 Å². The number of amides is 2. The molecule has 0 rings (SSSR count). The zero-order valence-corrected chi connectivity index (χ0v) is 12.1. The summed E-state index contributed by atoms with van der Waals surface area (Å²) in [5.74, 6) is -1.30. The highest BCUT2D eigenvalue weighted by Gasteiger charge is 2.24. The van der Waals surface area contributed by atoms with Crippen LogP contribution >= 0.6 is 0 Å². The maximum absolute atomic E-state index is 11.4. The third kappa shape index (κ3) is 8.38. The topological polar surface area (TPSA) is 125 Å². The second-order valence-electron chi connectivity index (χ2n) is 4.27. The third-order valence-corrected chi connectivity index (χ3v) is 3.27. The predicted octanol–water partition coefficient (Wildman–Crippen LogP) is -0.666. The standard InChI is InChI=1S/C10H21N3O5S/c1-4-7(2)8(9(14)15)13-10(16)11-5-6-12-19(3,17)18/h7-8,12H,4-6H2,1-3H3,(H,14,15)(H2,11,13,16)/t7?,8-/m0/s1. The molecule has 0 bridgehead atoms. The quantitative estimate of drug-likeness (QED) is 0.442. The molecule has 0 saturated heterocycles. The summed E-state index contributed by atoms with van der Waals surface area (Å²) >= 11 is 0. The minimum Gasteiger partial charge on any atom is -0.480 e. The molecule has 0 aliphatic carbocycles. The fourth-order valence-corrected chi connectivity index (χ4v) is 1.76. The first-order valence-corrected chi connectivity index (χ1v) is 7.78. The average Bonchev–Trinajstić information content (AvgIpc) is 2.29. The van der Waals surface area contributed by atoms with E-state index >= 15 is 0 Å². The molecule has 0 aliphatic heterocycles. The SMILES string of the molecule is CCC(C)[C@H](NC(=O)NCCNS(C)(=O)=O)C(=O)O. The van der Waals surface area contributed by atoms with Gasteiger partial charge in [0.25, 0.3) is 0 Å². The fourth-order valence-electron chi connectivity index (χ4n) is 1.29. The van der Waals surface area contributed by atoms with Crippen molar-refractivity contribution in [3.63, 3.8) is 0 Å². The third-order valence-electron chi connectivity index (χ3n) is 2.54. The molecule has 0 saturated carbocycles. The van der Waals surface area contributed by atoms with E-state index in [2.05, 4.69) is 15.4 Å². The van der Waals surface area contributed by atoms with Crippen LogP contribution in [0.2, 0.25) is 0 Å². The molecule has 0 heterocycles. The van der Waals surface area contributed by atoms with Crippen LogP contribution in [-0.2, 0) is 14.8 Å². The number of carbonyl (C=O) groups excluding carboxylic acids is 1. The first-order valence-electron chi connectivity index (χ1n) is 5.89. The van der Waals surface area contributed by atoms with Crippen molar-refractivity contribution in [3.8, 4) is 0 Å². The molecule has 0 aromatic heterocycles. The van der Waals surface area contributed by atoms with Crippen LogP contribution in [0.4, 0.5) is 4.79 Å². The van der Waals surface area contributed by atoms with Gasteiger partial charge in [-0.05, 0) is 5.92 Å². The van der Waals surface area contributed by atoms with Crippen LogP contribution < -0.4 is 15.4 Å². The van der Waals surface area contributed by atoms with Gasteiger partial charge in [-0.3, -0.25) is 0 Å². The lowest BCUT2D eigenvalue weighted by atomic mass is 9.99. The molecule has 1 unspecified atom stereocenters. The molecule has 0 aromatic carbocycles. The van der Waals surface area contributed by atoms with Gasteiger partial charge in [-0.25, -0.2) is 22.7 Å². The highest BCUT2D eigenvalue weighted by atomic mass is 32.2. The Morgan fingerprint density at radius 2 is 1.84 bits per heavy atom. The van der Waals surface area contributed by atoms with Crippen LogP contribution in [0.3, 0.4) is 0 Å². The summed E-state index contributed by atoms with van der Waals surface area (Å²) in [5, 5.41) is 13.7. The van der Waals surface area contributed by atoms with Crippen LogP contribution in [0.5, 0.6) is 0 Å². The van der Waals surface area contributed by atoms with E-state index in [1.807, 2.05) is 6.92 Å². The van der Waals surface area contributed by atoms with Crippen LogP contribution in [0.15, 0.2) is 0 Å². The maximum Gasteiger partial charge on any atom is 0.326 e. The lowest BCUT2D eigenvalue weighted by Gasteiger charge is -2.20. The molecular weight excluding hydrogens is 274 g/mol. The Kier molecular flexibility index (Phi) is 7.38. The van der Waals surface area contributed by atoms with Gasteiger partial charge in [0.05, 0.1) is 6.26 Å². The van der Waals surface area contributed by atoms with E-state index in [4.69, 9.17) is 5.11 Å². The second-order valence-corrected chi connectivity index (χ2v) is 6.10. The number of hydrogen-bond acceptors (Lipinski definition) is 4. The van der Waals surface area contributed by atoms with Crippen molar-refractivity contribution in [2.45, 2.75) is 26.3 Å². The van der Waals surface area contributed by atoms with Crippen molar-refractivity contribution < 1.29 is 23.1 Å². The fraction of sp³-hybridized carbons (Fsp3) is 0.800. The Bertz CT molecular complexity index is 409. The van der Waals surface area contributed by atoms with E-state index in [0.717, 1.165) is 6.26 Å². The summed E-state index contributed by atoms with van der Waals surface area (Å²) in [5.41, 5.74) is 0. The molecule has 0 aliphatic rings. The Hall–Kier alpha value is -1.35. The van der Waals surface area contributed by atoms with Gasteiger partial charge in [0.15, 0.2) is 0 Å². The molecule has 8 nitrogen and oxygen atoms in total. The van der Waals surface area contributed by atoms with Crippen molar-refractivity contribution in [1.82, 2.24) is 15.4 Å². The number of aliphatic carboxylic acids is 1. The lowest BCUT2D eigenvalue weighted by Crippen LogP contribution is -2.50. The largest absolute Gasteiger partial charge is 0.480 e. The summed E-state index contributed by atoms with van der Waals surface area (Å²) in [6, 6.07) is -1.60. The summed E-state index contributed by atoms with van der Waals surface area (Å²) in [6.45, 7) is 3.68. The van der Waals surface area contributed by atoms with E-state index in [1.165, 1.54) is 0 Å². The van der Waals surface area contributed by atoms with Gasteiger partial charge >= 0.3 is 12.0 Å². The number of carboxylic acids is 1. The first-order chi connectivity index (χ1) is 8.67. The second kappa shape index (κ2) is 7.95.